The Morgan fingerprint density at radius 3 is 3.20 bits per heavy atom. The molecule has 1 aliphatic rings. The van der Waals surface area contributed by atoms with Crippen LogP contribution >= 0.6 is 0 Å². The van der Waals surface area contributed by atoms with Crippen molar-refractivity contribution in [2.45, 2.75) is 31.7 Å². The number of nitrogens with zero attached hydrogens (tertiary/aromatic N) is 2. The summed E-state index contributed by atoms with van der Waals surface area (Å²) in [6.07, 6.45) is 5.87. The fourth-order valence-corrected chi connectivity index (χ4v) is 2.09. The molecule has 0 amide bonds. The molecule has 0 radical (unpaired) electrons. The van der Waals surface area contributed by atoms with Crippen LogP contribution in [0.1, 0.15) is 36.9 Å². The number of oxazole rings is 1. The SMILES string of the molecule is CN1CCCCC1c1nc(CCO)co1. The fourth-order valence-electron chi connectivity index (χ4n) is 2.09. The number of rotatable bonds is 3. The lowest BCUT2D eigenvalue weighted by molar-refractivity contribution is 0.159. The van der Waals surface area contributed by atoms with E-state index in [2.05, 4.69) is 16.9 Å². The van der Waals surface area contributed by atoms with E-state index in [9.17, 15) is 0 Å². The molecule has 0 spiro atoms. The largest absolute Gasteiger partial charge is 0.447 e. The Hall–Kier alpha value is -0.870. The molecule has 2 rings (SSSR count). The van der Waals surface area contributed by atoms with Gasteiger partial charge in [-0.1, -0.05) is 6.42 Å². The number of aromatic nitrogens is 1. The van der Waals surface area contributed by atoms with Crippen molar-refractivity contribution in [1.82, 2.24) is 9.88 Å². The first kappa shape index (κ1) is 10.6. The van der Waals surface area contributed by atoms with Crippen molar-refractivity contribution >= 4 is 0 Å². The number of hydrogen-bond acceptors (Lipinski definition) is 4. The van der Waals surface area contributed by atoms with E-state index < -0.39 is 0 Å². The van der Waals surface area contributed by atoms with Crippen LogP contribution in [0.5, 0.6) is 0 Å². The van der Waals surface area contributed by atoms with Crippen LogP contribution < -0.4 is 0 Å². The Morgan fingerprint density at radius 2 is 2.47 bits per heavy atom. The van der Waals surface area contributed by atoms with Gasteiger partial charge in [0.2, 0.25) is 5.89 Å². The van der Waals surface area contributed by atoms with Crippen molar-refractivity contribution in [2.75, 3.05) is 20.2 Å². The van der Waals surface area contributed by atoms with Gasteiger partial charge in [0.05, 0.1) is 11.7 Å². The second-order valence-electron chi connectivity index (χ2n) is 4.14. The minimum absolute atomic E-state index is 0.131. The third-order valence-corrected chi connectivity index (χ3v) is 2.99. The summed E-state index contributed by atoms with van der Waals surface area (Å²) in [5, 5.41) is 8.80. The molecule has 0 bridgehead atoms. The quantitative estimate of drug-likeness (QED) is 0.818. The van der Waals surface area contributed by atoms with Gasteiger partial charge in [-0.15, -0.1) is 0 Å². The summed E-state index contributed by atoms with van der Waals surface area (Å²) in [7, 11) is 2.11. The average Bonchev–Trinajstić information content (AvgIpc) is 2.68. The van der Waals surface area contributed by atoms with E-state index in [0.717, 1.165) is 24.6 Å². The van der Waals surface area contributed by atoms with E-state index >= 15 is 0 Å². The Bertz CT molecular complexity index is 311. The molecule has 4 heteroatoms. The van der Waals surface area contributed by atoms with E-state index in [0.29, 0.717) is 12.5 Å². The molecule has 0 aliphatic carbocycles. The second kappa shape index (κ2) is 4.77. The molecule has 1 N–H and O–H groups in total. The molecule has 1 saturated heterocycles. The van der Waals surface area contributed by atoms with Crippen molar-refractivity contribution in [3.05, 3.63) is 17.8 Å². The normalized spacial score (nSPS) is 23.2. The van der Waals surface area contributed by atoms with Crippen LogP contribution in [0.4, 0.5) is 0 Å². The molecule has 1 aromatic rings. The van der Waals surface area contributed by atoms with Crippen LogP contribution in [0, 0.1) is 0 Å². The highest BCUT2D eigenvalue weighted by atomic mass is 16.3. The molecule has 15 heavy (non-hydrogen) atoms. The zero-order valence-electron chi connectivity index (χ0n) is 9.15. The summed E-state index contributed by atoms with van der Waals surface area (Å²) >= 11 is 0. The third-order valence-electron chi connectivity index (χ3n) is 2.99. The van der Waals surface area contributed by atoms with Gasteiger partial charge < -0.3 is 9.52 Å². The zero-order chi connectivity index (χ0) is 10.7. The number of aliphatic hydroxyl groups is 1. The van der Waals surface area contributed by atoms with E-state index in [1.165, 1.54) is 12.8 Å². The van der Waals surface area contributed by atoms with Gasteiger partial charge in [0, 0.05) is 13.0 Å². The summed E-state index contributed by atoms with van der Waals surface area (Å²) in [6, 6.07) is 0.325. The first-order chi connectivity index (χ1) is 7.31. The van der Waals surface area contributed by atoms with E-state index in [-0.39, 0.29) is 6.61 Å². The van der Waals surface area contributed by atoms with Crippen LogP contribution in [0.2, 0.25) is 0 Å². The van der Waals surface area contributed by atoms with Crippen LogP contribution in [0.25, 0.3) is 0 Å². The first-order valence-corrected chi connectivity index (χ1v) is 5.56. The molecular weight excluding hydrogens is 192 g/mol. The summed E-state index contributed by atoms with van der Waals surface area (Å²) < 4.78 is 5.46. The predicted octanol–water partition coefficient (Wildman–Crippen LogP) is 1.37. The molecule has 1 atom stereocenters. The lowest BCUT2D eigenvalue weighted by Crippen LogP contribution is -2.29. The van der Waals surface area contributed by atoms with E-state index in [1.54, 1.807) is 6.26 Å². The van der Waals surface area contributed by atoms with Crippen LogP contribution in [-0.4, -0.2) is 35.2 Å². The van der Waals surface area contributed by atoms with Gasteiger partial charge in [-0.25, -0.2) is 4.98 Å². The number of piperidine rings is 1. The Morgan fingerprint density at radius 1 is 1.60 bits per heavy atom. The van der Waals surface area contributed by atoms with Crippen LogP contribution in [0.15, 0.2) is 10.7 Å². The van der Waals surface area contributed by atoms with Gasteiger partial charge in [-0.3, -0.25) is 4.90 Å². The molecule has 2 heterocycles. The van der Waals surface area contributed by atoms with Crippen LogP contribution in [0.3, 0.4) is 0 Å². The minimum atomic E-state index is 0.131. The molecular formula is C11H18N2O2. The molecule has 1 aliphatic heterocycles. The molecule has 84 valence electrons. The summed E-state index contributed by atoms with van der Waals surface area (Å²) in [6.45, 7) is 1.24. The Kier molecular flexibility index (Phi) is 3.38. The van der Waals surface area contributed by atoms with Gasteiger partial charge in [0.25, 0.3) is 0 Å². The molecule has 0 saturated carbocycles. The molecule has 1 fully saturated rings. The van der Waals surface area contributed by atoms with Gasteiger partial charge in [-0.05, 0) is 26.4 Å². The Balaban J connectivity index is 2.06. The van der Waals surface area contributed by atoms with Crippen LogP contribution in [-0.2, 0) is 6.42 Å². The van der Waals surface area contributed by atoms with E-state index in [1.807, 2.05) is 0 Å². The highest BCUT2D eigenvalue weighted by Gasteiger charge is 2.24. The van der Waals surface area contributed by atoms with Crippen molar-refractivity contribution < 1.29 is 9.52 Å². The van der Waals surface area contributed by atoms with Gasteiger partial charge in [0.1, 0.15) is 6.26 Å². The summed E-state index contributed by atoms with van der Waals surface area (Å²) in [5.74, 6) is 0.806. The van der Waals surface area contributed by atoms with Gasteiger partial charge in [0.15, 0.2) is 0 Å². The average molecular weight is 210 g/mol. The van der Waals surface area contributed by atoms with Gasteiger partial charge >= 0.3 is 0 Å². The predicted molar refractivity (Wildman–Crippen MR) is 56.5 cm³/mol. The Labute approximate surface area is 89.9 Å². The number of aliphatic hydroxyl groups excluding tert-OH is 1. The monoisotopic (exact) mass is 210 g/mol. The molecule has 1 unspecified atom stereocenters. The lowest BCUT2D eigenvalue weighted by atomic mass is 10.0. The third kappa shape index (κ3) is 2.38. The van der Waals surface area contributed by atoms with Gasteiger partial charge in [-0.2, -0.15) is 0 Å². The molecule has 0 aromatic carbocycles. The highest BCUT2D eigenvalue weighted by Crippen LogP contribution is 2.28. The van der Waals surface area contributed by atoms with E-state index in [4.69, 9.17) is 9.52 Å². The number of likely N-dealkylation sites (tertiary alicyclic amines) is 1. The topological polar surface area (TPSA) is 49.5 Å². The standard InChI is InChI=1S/C11H18N2O2/c1-13-6-3-2-4-10(13)11-12-9(5-7-14)8-15-11/h8,10,14H,2-7H2,1H3. The van der Waals surface area contributed by atoms with Crippen molar-refractivity contribution in [1.29, 1.82) is 0 Å². The zero-order valence-corrected chi connectivity index (χ0v) is 9.15. The smallest absolute Gasteiger partial charge is 0.211 e. The maximum absolute atomic E-state index is 8.80. The highest BCUT2D eigenvalue weighted by molar-refractivity contribution is 5.01. The van der Waals surface area contributed by atoms with Crippen molar-refractivity contribution in [3.63, 3.8) is 0 Å². The minimum Gasteiger partial charge on any atom is -0.447 e. The first-order valence-electron chi connectivity index (χ1n) is 5.56. The lowest BCUT2D eigenvalue weighted by Gasteiger charge is -2.29. The maximum Gasteiger partial charge on any atom is 0.211 e. The fraction of sp³-hybridized carbons (Fsp3) is 0.727. The molecule has 1 aromatic heterocycles. The van der Waals surface area contributed by atoms with Crippen molar-refractivity contribution in [2.24, 2.45) is 0 Å². The summed E-state index contributed by atoms with van der Waals surface area (Å²) in [4.78, 5) is 6.70. The van der Waals surface area contributed by atoms with Crippen molar-refractivity contribution in [3.8, 4) is 0 Å². The maximum atomic E-state index is 8.80. The number of hydrogen-bond donors (Lipinski definition) is 1. The molecule has 4 nitrogen and oxygen atoms in total. The summed E-state index contributed by atoms with van der Waals surface area (Å²) in [5.41, 5.74) is 0.853. The second-order valence-corrected chi connectivity index (χ2v) is 4.14.